The number of phenols is 1. The molecular weight excluding hydrogens is 230 g/mol. The average molecular weight is 243 g/mol. The fourth-order valence-electron chi connectivity index (χ4n) is 1.23. The van der Waals surface area contributed by atoms with E-state index in [-0.39, 0.29) is 35.0 Å². The van der Waals surface area contributed by atoms with Crippen LogP contribution in [-0.4, -0.2) is 32.1 Å². The van der Waals surface area contributed by atoms with Gasteiger partial charge in [0.25, 0.3) is 0 Å². The van der Waals surface area contributed by atoms with Crippen molar-refractivity contribution in [2.24, 2.45) is 5.73 Å². The highest BCUT2D eigenvalue weighted by Gasteiger charge is 2.15. The molecule has 3 N–H and O–H groups in total. The average Bonchev–Trinajstić information content (AvgIpc) is 2.16. The van der Waals surface area contributed by atoms with Crippen LogP contribution in [0.3, 0.4) is 0 Å². The van der Waals surface area contributed by atoms with Crippen molar-refractivity contribution < 1.29 is 18.3 Å². The first-order valence-corrected chi connectivity index (χ1v) is 6.51. The van der Waals surface area contributed by atoms with Crippen LogP contribution in [0.5, 0.6) is 5.75 Å². The molecular formula is C10H13NO4S. The molecule has 0 aliphatic rings. The van der Waals surface area contributed by atoms with Gasteiger partial charge in [0.05, 0.1) is 10.5 Å². The molecule has 0 amide bonds. The second-order valence-corrected chi connectivity index (χ2v) is 5.43. The summed E-state index contributed by atoms with van der Waals surface area (Å²) in [7, 11) is -3.39. The van der Waals surface area contributed by atoms with E-state index in [0.29, 0.717) is 0 Å². The van der Waals surface area contributed by atoms with Gasteiger partial charge in [-0.2, -0.15) is 0 Å². The van der Waals surface area contributed by atoms with Gasteiger partial charge in [0, 0.05) is 12.7 Å². The van der Waals surface area contributed by atoms with Crippen molar-refractivity contribution >= 4 is 15.6 Å². The number of sulfone groups is 1. The Bertz CT molecular complexity index is 508. The molecule has 88 valence electrons. The molecule has 1 aromatic carbocycles. The third-order valence-corrected chi connectivity index (χ3v) is 3.18. The van der Waals surface area contributed by atoms with E-state index in [9.17, 15) is 18.3 Å². The Balaban J connectivity index is 3.24. The van der Waals surface area contributed by atoms with Gasteiger partial charge in [-0.1, -0.05) is 0 Å². The lowest BCUT2D eigenvalue weighted by Crippen LogP contribution is -2.09. The van der Waals surface area contributed by atoms with Crippen LogP contribution >= 0.6 is 0 Å². The molecule has 0 aliphatic heterocycles. The van der Waals surface area contributed by atoms with E-state index in [2.05, 4.69) is 0 Å². The predicted octanol–water partition coefficient (Wildman–Crippen LogP) is 0.327. The number of Topliss-reactive ketones (excluding diaryl/α,β-unsaturated/α-hetero) is 1. The first-order chi connectivity index (χ1) is 7.36. The van der Waals surface area contributed by atoms with Gasteiger partial charge < -0.3 is 10.8 Å². The maximum atomic E-state index is 11.5. The van der Waals surface area contributed by atoms with E-state index < -0.39 is 9.84 Å². The molecule has 0 spiro atoms. The molecule has 0 fully saturated rings. The fraction of sp³-hybridized carbons (Fsp3) is 0.300. The maximum Gasteiger partial charge on any atom is 0.175 e. The summed E-state index contributed by atoms with van der Waals surface area (Å²) in [5.74, 6) is -0.601. The Morgan fingerprint density at radius 1 is 1.44 bits per heavy atom. The van der Waals surface area contributed by atoms with E-state index in [0.717, 1.165) is 6.26 Å². The third kappa shape index (κ3) is 2.80. The van der Waals surface area contributed by atoms with E-state index in [1.807, 2.05) is 0 Å². The fourth-order valence-corrected chi connectivity index (χ4v) is 1.88. The summed E-state index contributed by atoms with van der Waals surface area (Å²) in [6.07, 6.45) is 1.11. The molecule has 1 aromatic rings. The van der Waals surface area contributed by atoms with Crippen LogP contribution in [0.15, 0.2) is 23.1 Å². The molecule has 0 aromatic heterocycles. The molecule has 0 saturated heterocycles. The maximum absolute atomic E-state index is 11.5. The van der Waals surface area contributed by atoms with Crippen LogP contribution in [0, 0.1) is 0 Å². The van der Waals surface area contributed by atoms with E-state index >= 15 is 0 Å². The largest absolute Gasteiger partial charge is 0.507 e. The van der Waals surface area contributed by atoms with Crippen molar-refractivity contribution in [2.75, 3.05) is 12.8 Å². The molecule has 6 heteroatoms. The van der Waals surface area contributed by atoms with Crippen molar-refractivity contribution in [2.45, 2.75) is 11.3 Å². The standard InChI is InChI=1S/C10H13NO4S/c1-16(14,15)7-2-3-9(12)8(6-7)10(13)4-5-11/h2-3,6,12H,4-5,11H2,1H3. The van der Waals surface area contributed by atoms with Gasteiger partial charge >= 0.3 is 0 Å². The number of hydrogen-bond donors (Lipinski definition) is 2. The summed E-state index contributed by atoms with van der Waals surface area (Å²) in [4.78, 5) is 11.5. The van der Waals surface area contributed by atoms with Gasteiger partial charge in [0.15, 0.2) is 15.6 Å². The van der Waals surface area contributed by atoms with Crippen molar-refractivity contribution in [3.05, 3.63) is 23.8 Å². The monoisotopic (exact) mass is 243 g/mol. The van der Waals surface area contributed by atoms with E-state index in [1.165, 1.54) is 18.2 Å². The summed E-state index contributed by atoms with van der Waals surface area (Å²) in [6.45, 7) is 0.154. The van der Waals surface area contributed by atoms with Crippen LogP contribution in [-0.2, 0) is 9.84 Å². The predicted molar refractivity (Wildman–Crippen MR) is 59.2 cm³/mol. The summed E-state index contributed by atoms with van der Waals surface area (Å²) < 4.78 is 22.5. The second-order valence-electron chi connectivity index (χ2n) is 3.41. The molecule has 0 unspecified atom stereocenters. The van der Waals surface area contributed by atoms with Gasteiger partial charge in [-0.15, -0.1) is 0 Å². The number of rotatable bonds is 4. The normalized spacial score (nSPS) is 11.4. The summed E-state index contributed by atoms with van der Waals surface area (Å²) in [5.41, 5.74) is 5.21. The van der Waals surface area contributed by atoms with Gasteiger partial charge in [-0.25, -0.2) is 8.42 Å². The van der Waals surface area contributed by atoms with E-state index in [1.54, 1.807) is 0 Å². The topological polar surface area (TPSA) is 97.5 Å². The minimum absolute atomic E-state index is 0.00525. The van der Waals surface area contributed by atoms with Crippen molar-refractivity contribution in [3.8, 4) is 5.75 Å². The number of carbonyl (C=O) groups is 1. The lowest BCUT2D eigenvalue weighted by molar-refractivity contribution is 0.0982. The third-order valence-electron chi connectivity index (χ3n) is 2.07. The highest BCUT2D eigenvalue weighted by atomic mass is 32.2. The van der Waals surface area contributed by atoms with Crippen molar-refractivity contribution in [3.63, 3.8) is 0 Å². The van der Waals surface area contributed by atoms with Gasteiger partial charge in [-0.05, 0) is 24.7 Å². The number of carbonyl (C=O) groups excluding carboxylic acids is 1. The van der Waals surface area contributed by atoms with Gasteiger partial charge in [0.1, 0.15) is 5.75 Å². The summed E-state index contributed by atoms with van der Waals surface area (Å²) >= 11 is 0. The van der Waals surface area contributed by atoms with Crippen LogP contribution < -0.4 is 5.73 Å². The van der Waals surface area contributed by atoms with Gasteiger partial charge in [0.2, 0.25) is 0 Å². The highest BCUT2D eigenvalue weighted by Crippen LogP contribution is 2.22. The molecule has 16 heavy (non-hydrogen) atoms. The lowest BCUT2D eigenvalue weighted by atomic mass is 10.1. The molecule has 1 rings (SSSR count). The molecule has 5 nitrogen and oxygen atoms in total. The summed E-state index contributed by atoms with van der Waals surface area (Å²) in [6, 6.07) is 3.62. The quantitative estimate of drug-likeness (QED) is 0.742. The molecule has 0 heterocycles. The number of hydrogen-bond acceptors (Lipinski definition) is 5. The van der Waals surface area contributed by atoms with Crippen molar-refractivity contribution in [1.29, 1.82) is 0 Å². The Kier molecular flexibility index (Phi) is 3.66. The number of phenolic OH excluding ortho intramolecular Hbond substituents is 1. The number of ketones is 1. The highest BCUT2D eigenvalue weighted by molar-refractivity contribution is 7.90. The minimum atomic E-state index is -3.39. The second kappa shape index (κ2) is 4.63. The Labute approximate surface area is 93.8 Å². The molecule has 0 aliphatic carbocycles. The Hall–Kier alpha value is -1.40. The minimum Gasteiger partial charge on any atom is -0.507 e. The zero-order chi connectivity index (χ0) is 12.3. The first kappa shape index (κ1) is 12.7. The Morgan fingerprint density at radius 3 is 2.56 bits per heavy atom. The van der Waals surface area contributed by atoms with Crippen LogP contribution in [0.4, 0.5) is 0 Å². The summed E-state index contributed by atoms with van der Waals surface area (Å²) in [5, 5.41) is 9.44. The zero-order valence-corrected chi connectivity index (χ0v) is 9.62. The van der Waals surface area contributed by atoms with Crippen LogP contribution in [0.25, 0.3) is 0 Å². The molecule has 0 radical (unpaired) electrons. The molecule has 0 bridgehead atoms. The number of aromatic hydroxyl groups is 1. The molecule has 0 saturated carbocycles. The smallest absolute Gasteiger partial charge is 0.175 e. The SMILES string of the molecule is CS(=O)(=O)c1ccc(O)c(C(=O)CCN)c1. The lowest BCUT2D eigenvalue weighted by Gasteiger charge is -2.05. The number of nitrogens with two attached hydrogens (primary N) is 1. The first-order valence-electron chi connectivity index (χ1n) is 4.62. The van der Waals surface area contributed by atoms with E-state index in [4.69, 9.17) is 5.73 Å². The van der Waals surface area contributed by atoms with Crippen LogP contribution in [0.2, 0.25) is 0 Å². The number of benzene rings is 1. The van der Waals surface area contributed by atoms with Crippen LogP contribution in [0.1, 0.15) is 16.8 Å². The van der Waals surface area contributed by atoms with Crippen molar-refractivity contribution in [1.82, 2.24) is 0 Å². The van der Waals surface area contributed by atoms with Gasteiger partial charge in [-0.3, -0.25) is 4.79 Å². The zero-order valence-electron chi connectivity index (χ0n) is 8.80. The molecule has 0 atom stereocenters. The Morgan fingerprint density at radius 2 is 2.06 bits per heavy atom.